The van der Waals surface area contributed by atoms with Crippen LogP contribution >= 0.6 is 0 Å². The SMILES string of the molecule is Cc1cc(C)n(Cc2cccc(C(=O)NC(c3nc(-c4ccncc4)no3)C(C)C)c2)n1. The highest BCUT2D eigenvalue weighted by molar-refractivity contribution is 5.94. The molecule has 0 spiro atoms. The molecule has 0 aliphatic carbocycles. The average molecular weight is 431 g/mol. The van der Waals surface area contributed by atoms with Gasteiger partial charge in [0.1, 0.15) is 6.04 Å². The molecule has 0 saturated heterocycles. The Kier molecular flexibility index (Phi) is 6.11. The minimum atomic E-state index is -0.412. The zero-order valence-electron chi connectivity index (χ0n) is 18.6. The average Bonchev–Trinajstić information content (AvgIpc) is 3.39. The van der Waals surface area contributed by atoms with Crippen molar-refractivity contribution >= 4 is 5.91 Å². The van der Waals surface area contributed by atoms with Crippen LogP contribution in [0, 0.1) is 19.8 Å². The van der Waals surface area contributed by atoms with Gasteiger partial charge in [0.25, 0.3) is 5.91 Å². The predicted molar refractivity (Wildman–Crippen MR) is 120 cm³/mol. The first-order chi connectivity index (χ1) is 15.4. The second-order valence-corrected chi connectivity index (χ2v) is 8.17. The molecule has 8 heteroatoms. The van der Waals surface area contributed by atoms with E-state index in [1.54, 1.807) is 18.5 Å². The zero-order valence-corrected chi connectivity index (χ0v) is 18.6. The Morgan fingerprint density at radius 3 is 2.59 bits per heavy atom. The Morgan fingerprint density at radius 2 is 1.91 bits per heavy atom. The quantitative estimate of drug-likeness (QED) is 0.474. The van der Waals surface area contributed by atoms with E-state index in [2.05, 4.69) is 25.5 Å². The number of amides is 1. The smallest absolute Gasteiger partial charge is 0.251 e. The highest BCUT2D eigenvalue weighted by atomic mass is 16.5. The summed E-state index contributed by atoms with van der Waals surface area (Å²) in [6.45, 7) is 8.60. The molecule has 4 aromatic rings. The van der Waals surface area contributed by atoms with Gasteiger partial charge in [-0.1, -0.05) is 31.1 Å². The number of benzene rings is 1. The lowest BCUT2D eigenvalue weighted by molar-refractivity contribution is 0.0914. The molecule has 0 radical (unpaired) electrons. The van der Waals surface area contributed by atoms with Gasteiger partial charge in [0.15, 0.2) is 0 Å². The lowest BCUT2D eigenvalue weighted by atomic mass is 10.0. The number of pyridine rings is 1. The molecule has 4 rings (SSSR count). The minimum Gasteiger partial charge on any atom is -0.340 e. The van der Waals surface area contributed by atoms with Gasteiger partial charge in [-0.15, -0.1) is 0 Å². The zero-order chi connectivity index (χ0) is 22.7. The molecule has 3 heterocycles. The number of carbonyl (C=O) groups excluding carboxylic acids is 1. The summed E-state index contributed by atoms with van der Waals surface area (Å²) in [5.41, 5.74) is 4.44. The van der Waals surface area contributed by atoms with Crippen LogP contribution in [-0.4, -0.2) is 30.8 Å². The third-order valence-corrected chi connectivity index (χ3v) is 5.22. The molecule has 0 fully saturated rings. The summed E-state index contributed by atoms with van der Waals surface area (Å²) in [6.07, 6.45) is 3.35. The van der Waals surface area contributed by atoms with Crippen molar-refractivity contribution in [1.29, 1.82) is 0 Å². The normalized spacial score (nSPS) is 12.2. The molecule has 164 valence electrons. The first-order valence-corrected chi connectivity index (χ1v) is 10.6. The molecule has 8 nitrogen and oxygen atoms in total. The maximum Gasteiger partial charge on any atom is 0.251 e. The Hall–Kier alpha value is -3.81. The van der Waals surface area contributed by atoms with Crippen LogP contribution in [0.2, 0.25) is 0 Å². The van der Waals surface area contributed by atoms with Crippen LogP contribution < -0.4 is 5.32 Å². The predicted octanol–water partition coefficient (Wildman–Crippen LogP) is 4.12. The number of nitrogens with one attached hydrogen (secondary N) is 1. The third-order valence-electron chi connectivity index (χ3n) is 5.22. The highest BCUT2D eigenvalue weighted by Crippen LogP contribution is 2.24. The van der Waals surface area contributed by atoms with Gasteiger partial charge in [-0.3, -0.25) is 14.5 Å². The van der Waals surface area contributed by atoms with Gasteiger partial charge in [-0.25, -0.2) is 0 Å². The van der Waals surface area contributed by atoms with Crippen molar-refractivity contribution in [2.75, 3.05) is 0 Å². The van der Waals surface area contributed by atoms with Crippen molar-refractivity contribution in [3.05, 3.63) is 83.3 Å². The summed E-state index contributed by atoms with van der Waals surface area (Å²) in [4.78, 5) is 21.6. The van der Waals surface area contributed by atoms with E-state index in [4.69, 9.17) is 4.52 Å². The second-order valence-electron chi connectivity index (χ2n) is 8.17. The Bertz CT molecular complexity index is 1210. The molecule has 0 bridgehead atoms. The number of rotatable bonds is 7. The van der Waals surface area contributed by atoms with E-state index in [1.165, 1.54) is 0 Å². The van der Waals surface area contributed by atoms with Crippen molar-refractivity contribution in [3.63, 3.8) is 0 Å². The third kappa shape index (κ3) is 4.74. The molecule has 1 N–H and O–H groups in total. The van der Waals surface area contributed by atoms with Gasteiger partial charge >= 0.3 is 0 Å². The van der Waals surface area contributed by atoms with Crippen molar-refractivity contribution < 1.29 is 9.32 Å². The second kappa shape index (κ2) is 9.13. The molecular formula is C24H26N6O2. The van der Waals surface area contributed by atoms with Gasteiger partial charge in [0.05, 0.1) is 12.2 Å². The van der Waals surface area contributed by atoms with Crippen molar-refractivity contribution in [1.82, 2.24) is 30.2 Å². The summed E-state index contributed by atoms with van der Waals surface area (Å²) in [5, 5.41) is 11.6. The Morgan fingerprint density at radius 1 is 1.12 bits per heavy atom. The van der Waals surface area contributed by atoms with Crippen LogP contribution in [0.5, 0.6) is 0 Å². The molecule has 0 aliphatic heterocycles. The van der Waals surface area contributed by atoms with E-state index < -0.39 is 6.04 Å². The molecule has 0 aliphatic rings. The van der Waals surface area contributed by atoms with Crippen molar-refractivity contribution in [2.45, 2.75) is 40.3 Å². The number of nitrogens with zero attached hydrogens (tertiary/aromatic N) is 5. The molecule has 1 amide bonds. The summed E-state index contributed by atoms with van der Waals surface area (Å²) in [5.74, 6) is 0.707. The molecule has 1 unspecified atom stereocenters. The van der Waals surface area contributed by atoms with Crippen LogP contribution in [0.4, 0.5) is 0 Å². The van der Waals surface area contributed by atoms with Crippen LogP contribution in [0.3, 0.4) is 0 Å². The summed E-state index contributed by atoms with van der Waals surface area (Å²) in [6, 6.07) is 12.8. The van der Waals surface area contributed by atoms with Gasteiger partial charge in [0, 0.05) is 29.2 Å². The van der Waals surface area contributed by atoms with E-state index in [0.29, 0.717) is 23.8 Å². The molecule has 1 aromatic carbocycles. The Labute approximate surface area is 186 Å². The molecular weight excluding hydrogens is 404 g/mol. The molecule has 32 heavy (non-hydrogen) atoms. The van der Waals surface area contributed by atoms with E-state index in [9.17, 15) is 4.79 Å². The van der Waals surface area contributed by atoms with Gasteiger partial charge in [-0.05, 0) is 55.7 Å². The fourth-order valence-corrected chi connectivity index (χ4v) is 3.54. The lowest BCUT2D eigenvalue weighted by Gasteiger charge is -2.18. The van der Waals surface area contributed by atoms with Crippen LogP contribution in [0.15, 0.2) is 59.4 Å². The maximum atomic E-state index is 13.1. The van der Waals surface area contributed by atoms with Crippen molar-refractivity contribution in [2.24, 2.45) is 5.92 Å². The summed E-state index contributed by atoms with van der Waals surface area (Å²) < 4.78 is 7.42. The largest absolute Gasteiger partial charge is 0.340 e. The first-order valence-electron chi connectivity index (χ1n) is 10.6. The fraction of sp³-hybridized carbons (Fsp3) is 0.292. The summed E-state index contributed by atoms with van der Waals surface area (Å²) >= 11 is 0. The monoisotopic (exact) mass is 430 g/mol. The van der Waals surface area contributed by atoms with Gasteiger partial charge < -0.3 is 9.84 Å². The molecule has 0 saturated carbocycles. The highest BCUT2D eigenvalue weighted by Gasteiger charge is 2.25. The van der Waals surface area contributed by atoms with Crippen LogP contribution in [-0.2, 0) is 6.54 Å². The van der Waals surface area contributed by atoms with Gasteiger partial charge in [0.2, 0.25) is 11.7 Å². The minimum absolute atomic E-state index is 0.0579. The first kappa shape index (κ1) is 21.4. The van der Waals surface area contributed by atoms with Gasteiger partial charge in [-0.2, -0.15) is 10.1 Å². The Balaban J connectivity index is 1.51. The molecule has 1 atom stereocenters. The van der Waals surface area contributed by atoms with E-state index >= 15 is 0 Å². The van der Waals surface area contributed by atoms with Crippen molar-refractivity contribution in [3.8, 4) is 11.4 Å². The van der Waals surface area contributed by atoms with Crippen LogP contribution in [0.25, 0.3) is 11.4 Å². The lowest BCUT2D eigenvalue weighted by Crippen LogP contribution is -2.32. The number of hydrogen-bond donors (Lipinski definition) is 1. The van der Waals surface area contributed by atoms with E-state index in [1.807, 2.05) is 68.8 Å². The van der Waals surface area contributed by atoms with Crippen LogP contribution in [0.1, 0.15) is 53.1 Å². The number of hydrogen-bond acceptors (Lipinski definition) is 6. The fourth-order valence-electron chi connectivity index (χ4n) is 3.54. The van der Waals surface area contributed by atoms with E-state index in [0.717, 1.165) is 22.5 Å². The summed E-state index contributed by atoms with van der Waals surface area (Å²) in [7, 11) is 0. The maximum absolute atomic E-state index is 13.1. The topological polar surface area (TPSA) is 98.7 Å². The number of carbonyl (C=O) groups is 1. The standard InChI is InChI=1S/C24H26N6O2/c1-15(2)21(24-27-22(29-32-24)19-8-10-25-11-9-19)26-23(31)20-7-5-6-18(13-20)14-30-17(4)12-16(3)28-30/h5-13,15,21H,14H2,1-4H3,(H,26,31). The number of aromatic nitrogens is 5. The van der Waals surface area contributed by atoms with E-state index in [-0.39, 0.29) is 11.8 Å². The molecule has 3 aromatic heterocycles. The number of aryl methyl sites for hydroxylation is 2.